The second kappa shape index (κ2) is 5.86. The van der Waals surface area contributed by atoms with Gasteiger partial charge in [0, 0.05) is 24.4 Å². The molecule has 4 aliphatic rings. The average molecular weight is 352 g/mol. The molecule has 1 aromatic rings. The molecule has 0 bridgehead atoms. The van der Waals surface area contributed by atoms with Gasteiger partial charge in [-0.3, -0.25) is 0 Å². The smallest absolute Gasteiger partial charge is 0.0577 e. The van der Waals surface area contributed by atoms with E-state index >= 15 is 0 Å². The van der Waals surface area contributed by atoms with E-state index in [2.05, 4.69) is 61.2 Å². The second-order valence-electron chi connectivity index (χ2n) is 9.92. The van der Waals surface area contributed by atoms with Gasteiger partial charge in [0.2, 0.25) is 0 Å². The van der Waals surface area contributed by atoms with E-state index in [1.165, 1.54) is 25.7 Å². The van der Waals surface area contributed by atoms with Crippen LogP contribution in [0.3, 0.4) is 0 Å². The van der Waals surface area contributed by atoms with Crippen LogP contribution < -0.4 is 0 Å². The van der Waals surface area contributed by atoms with Crippen molar-refractivity contribution in [3.8, 4) is 0 Å². The van der Waals surface area contributed by atoms with Crippen LogP contribution in [0.15, 0.2) is 48.3 Å². The summed E-state index contributed by atoms with van der Waals surface area (Å²) in [6.45, 7) is 6.12. The highest BCUT2D eigenvalue weighted by Gasteiger charge is 2.57. The summed E-state index contributed by atoms with van der Waals surface area (Å²) in [7, 11) is 0. The summed E-state index contributed by atoms with van der Waals surface area (Å²) in [5, 5.41) is 10.2. The van der Waals surface area contributed by atoms with Gasteiger partial charge in [-0.05, 0) is 79.7 Å². The summed E-state index contributed by atoms with van der Waals surface area (Å²) >= 11 is 0. The lowest BCUT2D eigenvalue weighted by atomic mass is 9.46. The van der Waals surface area contributed by atoms with Gasteiger partial charge in [0.15, 0.2) is 0 Å². The summed E-state index contributed by atoms with van der Waals surface area (Å²) < 4.78 is 2.40. The Balaban J connectivity index is 1.50. The Morgan fingerprint density at radius 1 is 1.15 bits per heavy atom. The molecule has 2 fully saturated rings. The van der Waals surface area contributed by atoms with E-state index in [1.807, 2.05) is 0 Å². The predicted molar refractivity (Wildman–Crippen MR) is 106 cm³/mol. The van der Waals surface area contributed by atoms with Crippen LogP contribution in [-0.2, 0) is 6.54 Å². The molecule has 26 heavy (non-hydrogen) atoms. The normalized spacial score (nSPS) is 47.0. The fraction of sp³-hybridized carbons (Fsp3) is 0.667. The van der Waals surface area contributed by atoms with Gasteiger partial charge < -0.3 is 9.67 Å². The molecule has 0 aliphatic heterocycles. The molecule has 5 rings (SSSR count). The van der Waals surface area contributed by atoms with E-state index in [-0.39, 0.29) is 6.10 Å². The van der Waals surface area contributed by atoms with Gasteiger partial charge in [0.25, 0.3) is 0 Å². The molecule has 2 heteroatoms. The predicted octanol–water partition coefficient (Wildman–Crippen LogP) is 5.20. The van der Waals surface area contributed by atoms with Crippen LogP contribution in [0, 0.1) is 34.5 Å². The first kappa shape index (κ1) is 16.9. The lowest BCUT2D eigenvalue weighted by Crippen LogP contribution is -2.53. The fourth-order valence-corrected chi connectivity index (χ4v) is 7.38. The van der Waals surface area contributed by atoms with Gasteiger partial charge in [-0.2, -0.15) is 0 Å². The van der Waals surface area contributed by atoms with Crippen LogP contribution in [-0.4, -0.2) is 15.8 Å². The van der Waals surface area contributed by atoms with Crippen molar-refractivity contribution in [3.05, 3.63) is 48.3 Å². The number of nitrogens with zero attached hydrogens (tertiary/aromatic N) is 1. The summed E-state index contributed by atoms with van der Waals surface area (Å²) in [5.74, 6) is 3.01. The van der Waals surface area contributed by atoms with Gasteiger partial charge in [-0.15, -0.1) is 0 Å². The number of aromatic nitrogens is 1. The maximum atomic E-state index is 10.2. The minimum absolute atomic E-state index is 0.109. The van der Waals surface area contributed by atoms with Crippen LogP contribution in [0.4, 0.5) is 0 Å². The van der Waals surface area contributed by atoms with Crippen LogP contribution >= 0.6 is 0 Å². The largest absolute Gasteiger partial charge is 0.393 e. The zero-order chi connectivity index (χ0) is 17.9. The minimum Gasteiger partial charge on any atom is -0.393 e. The molecule has 2 nitrogen and oxygen atoms in total. The molecular formula is C24H33NO. The van der Waals surface area contributed by atoms with E-state index in [1.54, 1.807) is 5.57 Å². The third-order valence-electron chi connectivity index (χ3n) is 8.65. The van der Waals surface area contributed by atoms with Gasteiger partial charge in [-0.1, -0.05) is 37.6 Å². The molecule has 1 aromatic heterocycles. The second-order valence-corrected chi connectivity index (χ2v) is 9.92. The molecule has 0 aromatic carbocycles. The molecule has 140 valence electrons. The monoisotopic (exact) mass is 351 g/mol. The van der Waals surface area contributed by atoms with Crippen molar-refractivity contribution in [1.82, 2.24) is 4.57 Å². The van der Waals surface area contributed by atoms with Crippen molar-refractivity contribution in [2.45, 2.75) is 65.0 Å². The topological polar surface area (TPSA) is 25.2 Å². The molecule has 1 N–H and O–H groups in total. The standard InChI is InChI=1S/C24H33NO/c1-17-14-18-15-19(26)7-10-23(18,2)20-8-11-24(16-25-12-3-4-13-25)9-5-6-21(24)22(17)20/h3-5,9,12-14,17,19-22,26H,6-8,10-11,15-16H2,1-2H3/t17-,19-,20-,21-,22+,23-,24-/m0/s1. The molecule has 0 saturated heterocycles. The number of rotatable bonds is 2. The lowest BCUT2D eigenvalue weighted by Gasteiger charge is -2.59. The Bertz CT molecular complexity index is 731. The SMILES string of the molecule is C[C@H]1C=C2C[C@@H](O)CC[C@]2(C)[C@H]2CC[C@]3(Cn4cccc4)C=CC[C@H]3[C@H]12. The maximum absolute atomic E-state index is 10.2. The molecule has 1 heterocycles. The van der Waals surface area contributed by atoms with Crippen molar-refractivity contribution >= 4 is 0 Å². The van der Waals surface area contributed by atoms with Crippen molar-refractivity contribution in [2.24, 2.45) is 34.5 Å². The zero-order valence-corrected chi connectivity index (χ0v) is 16.3. The summed E-state index contributed by atoms with van der Waals surface area (Å²) in [5.41, 5.74) is 2.26. The van der Waals surface area contributed by atoms with E-state index in [0.717, 1.165) is 37.1 Å². The maximum Gasteiger partial charge on any atom is 0.0577 e. The molecule has 0 unspecified atom stereocenters. The van der Waals surface area contributed by atoms with Crippen molar-refractivity contribution in [2.75, 3.05) is 0 Å². The first-order valence-corrected chi connectivity index (χ1v) is 10.7. The Hall–Kier alpha value is -1.28. The Morgan fingerprint density at radius 3 is 2.77 bits per heavy atom. The van der Waals surface area contributed by atoms with E-state index < -0.39 is 0 Å². The Labute approximate surface area is 158 Å². The van der Waals surface area contributed by atoms with Crippen LogP contribution in [0.2, 0.25) is 0 Å². The summed E-state index contributed by atoms with van der Waals surface area (Å²) in [6.07, 6.45) is 19.0. The number of aliphatic hydroxyl groups is 1. The molecule has 2 saturated carbocycles. The molecule has 0 radical (unpaired) electrons. The highest BCUT2D eigenvalue weighted by molar-refractivity contribution is 5.28. The number of allylic oxidation sites excluding steroid dienone is 3. The van der Waals surface area contributed by atoms with Gasteiger partial charge in [-0.25, -0.2) is 0 Å². The molecular weight excluding hydrogens is 318 g/mol. The number of hydrogen-bond donors (Lipinski definition) is 1. The molecule has 0 amide bonds. The quantitative estimate of drug-likeness (QED) is 0.728. The first-order valence-electron chi connectivity index (χ1n) is 10.7. The highest BCUT2D eigenvalue weighted by atomic mass is 16.3. The first-order chi connectivity index (χ1) is 12.5. The van der Waals surface area contributed by atoms with Crippen molar-refractivity contribution in [3.63, 3.8) is 0 Å². The average Bonchev–Trinajstić information content (AvgIpc) is 3.26. The zero-order valence-electron chi connectivity index (χ0n) is 16.3. The van der Waals surface area contributed by atoms with E-state index in [4.69, 9.17) is 0 Å². The third-order valence-corrected chi connectivity index (χ3v) is 8.65. The van der Waals surface area contributed by atoms with Crippen LogP contribution in [0.1, 0.15) is 52.4 Å². The lowest BCUT2D eigenvalue weighted by molar-refractivity contribution is -0.0553. The summed E-state index contributed by atoms with van der Waals surface area (Å²) in [4.78, 5) is 0. The third kappa shape index (κ3) is 2.34. The highest BCUT2D eigenvalue weighted by Crippen LogP contribution is 2.65. The summed E-state index contributed by atoms with van der Waals surface area (Å²) in [6, 6.07) is 4.31. The van der Waals surface area contributed by atoms with Gasteiger partial charge in [0.1, 0.15) is 0 Å². The molecule has 0 spiro atoms. The Kier molecular flexibility index (Phi) is 3.80. The van der Waals surface area contributed by atoms with Crippen molar-refractivity contribution in [1.29, 1.82) is 0 Å². The number of hydrogen-bond acceptors (Lipinski definition) is 1. The van der Waals surface area contributed by atoms with Crippen LogP contribution in [0.5, 0.6) is 0 Å². The van der Waals surface area contributed by atoms with Gasteiger partial charge in [0.05, 0.1) is 6.10 Å². The fourth-order valence-electron chi connectivity index (χ4n) is 7.38. The van der Waals surface area contributed by atoms with Crippen LogP contribution in [0.25, 0.3) is 0 Å². The van der Waals surface area contributed by atoms with Crippen molar-refractivity contribution < 1.29 is 5.11 Å². The molecule has 7 atom stereocenters. The molecule has 4 aliphatic carbocycles. The minimum atomic E-state index is -0.109. The van der Waals surface area contributed by atoms with E-state index in [9.17, 15) is 5.11 Å². The van der Waals surface area contributed by atoms with Gasteiger partial charge >= 0.3 is 0 Å². The Morgan fingerprint density at radius 2 is 1.96 bits per heavy atom. The number of fused-ring (bicyclic) bond motifs is 5. The van der Waals surface area contributed by atoms with E-state index in [0.29, 0.717) is 16.7 Å². The number of aliphatic hydroxyl groups excluding tert-OH is 1.